The molecule has 0 fully saturated rings. The largest absolute Gasteiger partial charge is 0.352 e. The van der Waals surface area contributed by atoms with E-state index >= 15 is 0 Å². The smallest absolute Gasteiger partial charge is 0.265 e. The Balaban J connectivity index is 1.41. The fourth-order valence-electron chi connectivity index (χ4n) is 4.87. The average molecular weight is 542 g/mol. The molecule has 6 heteroatoms. The summed E-state index contributed by atoms with van der Waals surface area (Å²) >= 11 is 1.50. The Morgan fingerprint density at radius 1 is 0.949 bits per heavy atom. The molecule has 0 aliphatic carbocycles. The van der Waals surface area contributed by atoms with E-state index in [4.69, 9.17) is 0 Å². The van der Waals surface area contributed by atoms with E-state index in [9.17, 15) is 9.59 Å². The first kappa shape index (κ1) is 28.7. The van der Waals surface area contributed by atoms with Crippen molar-refractivity contribution < 1.29 is 9.59 Å². The Labute approximate surface area is 237 Å². The molecule has 1 aliphatic heterocycles. The number of benzene rings is 3. The Hall–Kier alpha value is -3.35. The molecule has 0 atom stereocenters. The molecule has 2 amide bonds. The molecule has 1 heterocycles. The molecular formula is C33H39N3O2S. The van der Waals surface area contributed by atoms with Gasteiger partial charge in [0.1, 0.15) is 0 Å². The summed E-state index contributed by atoms with van der Waals surface area (Å²) in [4.78, 5) is 32.3. The van der Waals surface area contributed by atoms with Crippen LogP contribution in [0.2, 0.25) is 0 Å². The zero-order valence-electron chi connectivity index (χ0n) is 23.3. The van der Waals surface area contributed by atoms with Gasteiger partial charge >= 0.3 is 0 Å². The molecule has 0 spiro atoms. The minimum atomic E-state index is -0.0619. The minimum Gasteiger partial charge on any atom is -0.352 e. The van der Waals surface area contributed by atoms with Crippen molar-refractivity contribution in [3.05, 3.63) is 100.0 Å². The number of aryl methyl sites for hydroxylation is 1. The zero-order valence-corrected chi connectivity index (χ0v) is 24.1. The van der Waals surface area contributed by atoms with Crippen molar-refractivity contribution in [2.24, 2.45) is 0 Å². The molecular weight excluding hydrogens is 502 g/mol. The van der Waals surface area contributed by atoms with E-state index in [1.54, 1.807) is 0 Å². The summed E-state index contributed by atoms with van der Waals surface area (Å²) in [5.41, 5.74) is 4.74. The first-order valence-corrected chi connectivity index (χ1v) is 14.8. The number of fused-ring (bicyclic) bond motifs is 1. The van der Waals surface area contributed by atoms with Crippen LogP contribution in [0.4, 0.5) is 5.69 Å². The van der Waals surface area contributed by atoms with E-state index in [0.717, 1.165) is 60.6 Å². The number of amides is 2. The highest BCUT2D eigenvalue weighted by molar-refractivity contribution is 8.04. The molecule has 1 N–H and O–H groups in total. The summed E-state index contributed by atoms with van der Waals surface area (Å²) in [7, 11) is 0. The van der Waals surface area contributed by atoms with E-state index in [1.807, 2.05) is 59.5 Å². The van der Waals surface area contributed by atoms with Crippen LogP contribution in [0.25, 0.3) is 6.08 Å². The second kappa shape index (κ2) is 14.2. The first-order valence-electron chi connectivity index (χ1n) is 13.9. The van der Waals surface area contributed by atoms with Gasteiger partial charge in [-0.25, -0.2) is 0 Å². The molecule has 0 saturated heterocycles. The van der Waals surface area contributed by atoms with Crippen LogP contribution in [0.15, 0.2) is 82.6 Å². The van der Waals surface area contributed by atoms with Gasteiger partial charge in [-0.1, -0.05) is 79.7 Å². The highest BCUT2D eigenvalue weighted by atomic mass is 32.2. The van der Waals surface area contributed by atoms with Gasteiger partial charge in [0.25, 0.3) is 11.8 Å². The quantitative estimate of drug-likeness (QED) is 0.200. The Morgan fingerprint density at radius 2 is 1.69 bits per heavy atom. The van der Waals surface area contributed by atoms with Crippen LogP contribution < -0.4 is 10.2 Å². The standard InChI is InChI=1S/C33H39N3O2S/c1-4-19-35(20-5-2)21-9-18-34-32(37)28-16-14-26(15-17-28)23-31-33(38)36(24-27-11-8-10-25(3)22-27)29-12-6-7-13-30(29)39-31/h6-8,10-17,22-23H,4-5,9,18-21,24H2,1-3H3,(H,34,37)/b31-23+. The van der Waals surface area contributed by atoms with Gasteiger partial charge in [0, 0.05) is 17.0 Å². The Bertz CT molecular complexity index is 1300. The third kappa shape index (κ3) is 7.84. The molecule has 0 radical (unpaired) electrons. The highest BCUT2D eigenvalue weighted by Gasteiger charge is 2.29. The molecule has 3 aromatic carbocycles. The van der Waals surface area contributed by atoms with Crippen molar-refractivity contribution in [2.75, 3.05) is 31.1 Å². The summed E-state index contributed by atoms with van der Waals surface area (Å²) < 4.78 is 0. The maximum Gasteiger partial charge on any atom is 0.265 e. The van der Waals surface area contributed by atoms with Crippen molar-refractivity contribution >= 4 is 35.3 Å². The van der Waals surface area contributed by atoms with Crippen molar-refractivity contribution in [3.8, 4) is 0 Å². The van der Waals surface area contributed by atoms with Crippen LogP contribution in [0, 0.1) is 6.92 Å². The molecule has 204 valence electrons. The zero-order chi connectivity index (χ0) is 27.6. The molecule has 0 bridgehead atoms. The lowest BCUT2D eigenvalue weighted by atomic mass is 10.1. The van der Waals surface area contributed by atoms with E-state index in [2.05, 4.69) is 55.3 Å². The second-order valence-corrected chi connectivity index (χ2v) is 11.1. The number of hydrogen-bond acceptors (Lipinski definition) is 4. The van der Waals surface area contributed by atoms with Crippen LogP contribution >= 0.6 is 11.8 Å². The molecule has 0 unspecified atom stereocenters. The van der Waals surface area contributed by atoms with Crippen LogP contribution in [0.1, 0.15) is 60.2 Å². The van der Waals surface area contributed by atoms with E-state index in [0.29, 0.717) is 23.6 Å². The monoisotopic (exact) mass is 541 g/mol. The van der Waals surface area contributed by atoms with Crippen molar-refractivity contribution in [3.63, 3.8) is 0 Å². The Kier molecular flexibility index (Phi) is 10.4. The number of carbonyl (C=O) groups is 2. The highest BCUT2D eigenvalue weighted by Crippen LogP contribution is 2.42. The summed E-state index contributed by atoms with van der Waals surface area (Å²) in [6.45, 7) is 10.9. The third-order valence-corrected chi connectivity index (χ3v) is 7.82. The van der Waals surface area contributed by atoms with Gasteiger partial charge in [-0.3, -0.25) is 9.59 Å². The van der Waals surface area contributed by atoms with Crippen LogP contribution in [0.5, 0.6) is 0 Å². The molecule has 5 nitrogen and oxygen atoms in total. The number of hydrogen-bond donors (Lipinski definition) is 1. The van der Waals surface area contributed by atoms with Gasteiger partial charge in [-0.2, -0.15) is 0 Å². The van der Waals surface area contributed by atoms with E-state index in [1.165, 1.54) is 17.3 Å². The lowest BCUT2D eigenvalue weighted by Gasteiger charge is -2.30. The van der Waals surface area contributed by atoms with Crippen molar-refractivity contribution in [1.29, 1.82) is 0 Å². The lowest BCUT2D eigenvalue weighted by molar-refractivity contribution is -0.114. The SMILES string of the molecule is CCCN(CCC)CCCNC(=O)c1ccc(/C=C2/Sc3ccccc3N(Cc3cccc(C)c3)C2=O)cc1. The third-order valence-electron chi connectivity index (χ3n) is 6.74. The Morgan fingerprint density at radius 3 is 2.41 bits per heavy atom. The lowest BCUT2D eigenvalue weighted by Crippen LogP contribution is -2.33. The topological polar surface area (TPSA) is 52.7 Å². The summed E-state index contributed by atoms with van der Waals surface area (Å²) in [6, 6.07) is 23.8. The minimum absolute atomic E-state index is 0.0118. The van der Waals surface area contributed by atoms with Gasteiger partial charge in [0.2, 0.25) is 0 Å². The normalized spacial score (nSPS) is 14.1. The molecule has 39 heavy (non-hydrogen) atoms. The van der Waals surface area contributed by atoms with E-state index < -0.39 is 0 Å². The van der Waals surface area contributed by atoms with Gasteiger partial charge in [0.05, 0.1) is 17.1 Å². The predicted octanol–water partition coefficient (Wildman–Crippen LogP) is 6.92. The number of nitrogens with zero attached hydrogens (tertiary/aromatic N) is 2. The van der Waals surface area contributed by atoms with E-state index in [-0.39, 0.29) is 11.8 Å². The summed E-state index contributed by atoms with van der Waals surface area (Å²) in [5, 5.41) is 3.04. The molecule has 1 aliphatic rings. The summed E-state index contributed by atoms with van der Waals surface area (Å²) in [6.07, 6.45) is 5.16. The van der Waals surface area contributed by atoms with Gasteiger partial charge in [-0.05, 0) is 87.3 Å². The van der Waals surface area contributed by atoms with Crippen molar-refractivity contribution in [1.82, 2.24) is 10.2 Å². The van der Waals surface area contributed by atoms with Gasteiger partial charge in [-0.15, -0.1) is 0 Å². The molecule has 0 saturated carbocycles. The van der Waals surface area contributed by atoms with Crippen molar-refractivity contribution in [2.45, 2.75) is 51.5 Å². The summed E-state index contributed by atoms with van der Waals surface area (Å²) in [5.74, 6) is -0.0738. The number of nitrogens with one attached hydrogen (secondary N) is 1. The molecule has 4 rings (SSSR count). The van der Waals surface area contributed by atoms with Crippen LogP contribution in [-0.4, -0.2) is 42.9 Å². The van der Waals surface area contributed by atoms with Crippen LogP contribution in [-0.2, 0) is 11.3 Å². The second-order valence-electron chi connectivity index (χ2n) is 10.0. The number of carbonyl (C=O) groups excluding carboxylic acids is 2. The molecule has 3 aromatic rings. The number of rotatable bonds is 12. The first-order chi connectivity index (χ1) is 19.0. The molecule has 0 aromatic heterocycles. The maximum atomic E-state index is 13.6. The fraction of sp³-hybridized carbons (Fsp3) is 0.333. The number of anilines is 1. The number of thioether (sulfide) groups is 1. The fourth-order valence-corrected chi connectivity index (χ4v) is 5.93. The number of para-hydroxylation sites is 1. The van der Waals surface area contributed by atoms with Crippen LogP contribution in [0.3, 0.4) is 0 Å². The average Bonchev–Trinajstić information content (AvgIpc) is 2.94. The van der Waals surface area contributed by atoms with Gasteiger partial charge in [0.15, 0.2) is 0 Å². The van der Waals surface area contributed by atoms with Gasteiger partial charge < -0.3 is 15.1 Å². The maximum absolute atomic E-state index is 13.6. The predicted molar refractivity (Wildman–Crippen MR) is 163 cm³/mol.